The molecule has 3 rings (SSSR count). The van der Waals surface area contributed by atoms with Gasteiger partial charge in [0.05, 0.1) is 25.5 Å². The summed E-state index contributed by atoms with van der Waals surface area (Å²) < 4.78 is 39.0. The molecule has 0 heterocycles. The molecule has 8 nitrogen and oxygen atoms in total. The van der Waals surface area contributed by atoms with Gasteiger partial charge in [0.2, 0.25) is 5.91 Å². The molecular weight excluding hydrogens is 524 g/mol. The molecule has 0 radical (unpaired) electrons. The van der Waals surface area contributed by atoms with Crippen molar-refractivity contribution in [2.45, 2.75) is 11.8 Å². The van der Waals surface area contributed by atoms with Gasteiger partial charge in [-0.15, -0.1) is 0 Å². The standard InChI is InChI=1S/C24H23BrN2O6S/c1-16-19(24(29)33-3)10-7-11-20(16)26-23(28)15-27(18-8-5-4-6-9-18)34(30,31)22-14-17(25)12-13-21(22)32-2/h4-14H,15H2,1-3H3,(H,26,28). The molecule has 0 saturated heterocycles. The molecule has 178 valence electrons. The van der Waals surface area contributed by atoms with Crippen molar-refractivity contribution in [2.75, 3.05) is 30.4 Å². The number of esters is 1. The summed E-state index contributed by atoms with van der Waals surface area (Å²) in [7, 11) is -1.56. The summed E-state index contributed by atoms with van der Waals surface area (Å²) in [6.45, 7) is 1.16. The van der Waals surface area contributed by atoms with Gasteiger partial charge in [-0.2, -0.15) is 0 Å². The number of amides is 1. The third kappa shape index (κ3) is 5.40. The minimum Gasteiger partial charge on any atom is -0.495 e. The van der Waals surface area contributed by atoms with Crippen molar-refractivity contribution in [3.05, 3.63) is 82.3 Å². The Bertz CT molecular complexity index is 1310. The molecule has 0 unspecified atom stereocenters. The molecule has 0 fully saturated rings. The molecule has 3 aromatic carbocycles. The quantitative estimate of drug-likeness (QED) is 0.420. The first-order chi connectivity index (χ1) is 16.2. The highest BCUT2D eigenvalue weighted by Gasteiger charge is 2.30. The smallest absolute Gasteiger partial charge is 0.338 e. The van der Waals surface area contributed by atoms with Crippen LogP contribution in [0.2, 0.25) is 0 Å². The maximum absolute atomic E-state index is 13.7. The molecule has 0 aliphatic carbocycles. The van der Waals surface area contributed by atoms with Crippen LogP contribution in [0.4, 0.5) is 11.4 Å². The summed E-state index contributed by atoms with van der Waals surface area (Å²) in [5, 5.41) is 2.70. The van der Waals surface area contributed by atoms with Crippen LogP contribution < -0.4 is 14.4 Å². The number of carbonyl (C=O) groups excluding carboxylic acids is 2. The largest absolute Gasteiger partial charge is 0.495 e. The minimum atomic E-state index is -4.20. The summed E-state index contributed by atoms with van der Waals surface area (Å²) in [6, 6.07) is 17.7. The predicted molar refractivity (Wildman–Crippen MR) is 133 cm³/mol. The van der Waals surface area contributed by atoms with Crippen LogP contribution in [-0.4, -0.2) is 41.1 Å². The van der Waals surface area contributed by atoms with E-state index in [9.17, 15) is 18.0 Å². The Kier molecular flexibility index (Phi) is 7.95. The molecule has 1 N–H and O–H groups in total. The van der Waals surface area contributed by atoms with Crippen molar-refractivity contribution in [1.29, 1.82) is 0 Å². The van der Waals surface area contributed by atoms with Gasteiger partial charge in [-0.25, -0.2) is 13.2 Å². The number of para-hydroxylation sites is 1. The maximum Gasteiger partial charge on any atom is 0.338 e. The lowest BCUT2D eigenvalue weighted by Gasteiger charge is -2.25. The van der Waals surface area contributed by atoms with E-state index >= 15 is 0 Å². The van der Waals surface area contributed by atoms with Crippen molar-refractivity contribution >= 4 is 49.2 Å². The summed E-state index contributed by atoms with van der Waals surface area (Å²) in [5.74, 6) is -0.985. The van der Waals surface area contributed by atoms with Gasteiger partial charge in [-0.3, -0.25) is 9.10 Å². The van der Waals surface area contributed by atoms with Crippen molar-refractivity contribution in [3.8, 4) is 5.75 Å². The fourth-order valence-electron chi connectivity index (χ4n) is 3.30. The lowest BCUT2D eigenvalue weighted by Crippen LogP contribution is -2.38. The van der Waals surface area contributed by atoms with Crippen LogP contribution in [0.15, 0.2) is 76.1 Å². The molecule has 34 heavy (non-hydrogen) atoms. The monoisotopic (exact) mass is 546 g/mol. The second kappa shape index (κ2) is 10.7. The SMILES string of the molecule is COC(=O)c1cccc(NC(=O)CN(c2ccccc2)S(=O)(=O)c2cc(Br)ccc2OC)c1C. The Balaban J connectivity index is 1.99. The number of nitrogens with zero attached hydrogens (tertiary/aromatic N) is 1. The molecule has 0 atom stereocenters. The Morgan fingerprint density at radius 2 is 1.71 bits per heavy atom. The number of nitrogens with one attached hydrogen (secondary N) is 1. The maximum atomic E-state index is 13.7. The number of rotatable bonds is 8. The van der Waals surface area contributed by atoms with E-state index in [4.69, 9.17) is 9.47 Å². The number of benzene rings is 3. The number of carbonyl (C=O) groups is 2. The molecule has 0 aromatic heterocycles. The topological polar surface area (TPSA) is 102 Å². The van der Waals surface area contributed by atoms with E-state index in [2.05, 4.69) is 21.2 Å². The molecule has 3 aromatic rings. The number of sulfonamides is 1. The summed E-state index contributed by atoms with van der Waals surface area (Å²) >= 11 is 3.30. The molecule has 0 bridgehead atoms. The summed E-state index contributed by atoms with van der Waals surface area (Å²) in [6.07, 6.45) is 0. The molecule has 1 amide bonds. The van der Waals surface area contributed by atoms with Gasteiger partial charge < -0.3 is 14.8 Å². The fourth-order valence-corrected chi connectivity index (χ4v) is 5.42. The lowest BCUT2D eigenvalue weighted by molar-refractivity contribution is -0.114. The first kappa shape index (κ1) is 25.3. The average molecular weight is 547 g/mol. The van der Waals surface area contributed by atoms with Gasteiger partial charge in [0, 0.05) is 10.2 Å². The predicted octanol–water partition coefficient (Wildman–Crippen LogP) is 4.39. The van der Waals surface area contributed by atoms with Crippen LogP contribution in [0.5, 0.6) is 5.75 Å². The van der Waals surface area contributed by atoms with Gasteiger partial charge >= 0.3 is 5.97 Å². The minimum absolute atomic E-state index is 0.0927. The van der Waals surface area contributed by atoms with Crippen molar-refractivity contribution in [2.24, 2.45) is 0 Å². The Morgan fingerprint density at radius 1 is 1.00 bits per heavy atom. The average Bonchev–Trinajstić information content (AvgIpc) is 2.83. The number of hydrogen-bond donors (Lipinski definition) is 1. The van der Waals surface area contributed by atoms with Crippen LogP contribution >= 0.6 is 15.9 Å². The van der Waals surface area contributed by atoms with E-state index in [1.54, 1.807) is 61.5 Å². The number of hydrogen-bond acceptors (Lipinski definition) is 6. The zero-order valence-electron chi connectivity index (χ0n) is 18.7. The van der Waals surface area contributed by atoms with E-state index in [1.165, 1.54) is 26.4 Å². The molecule has 10 heteroatoms. The first-order valence-corrected chi connectivity index (χ1v) is 12.3. The van der Waals surface area contributed by atoms with Gasteiger partial charge in [0.25, 0.3) is 10.0 Å². The third-order valence-electron chi connectivity index (χ3n) is 5.04. The zero-order chi connectivity index (χ0) is 24.9. The van der Waals surface area contributed by atoms with Crippen LogP contribution in [0.25, 0.3) is 0 Å². The second-order valence-corrected chi connectivity index (χ2v) is 9.91. The second-order valence-electron chi connectivity index (χ2n) is 7.16. The van der Waals surface area contributed by atoms with Crippen molar-refractivity contribution < 1.29 is 27.5 Å². The van der Waals surface area contributed by atoms with Gasteiger partial charge in [0.1, 0.15) is 17.2 Å². The molecule has 0 aliphatic rings. The highest BCUT2D eigenvalue weighted by Crippen LogP contribution is 2.32. The fraction of sp³-hybridized carbons (Fsp3) is 0.167. The normalized spacial score (nSPS) is 10.9. The first-order valence-electron chi connectivity index (χ1n) is 10.1. The Hall–Kier alpha value is -3.37. The van der Waals surface area contributed by atoms with E-state index < -0.39 is 28.4 Å². The van der Waals surface area contributed by atoms with E-state index in [0.717, 1.165) is 4.31 Å². The number of anilines is 2. The van der Waals surface area contributed by atoms with Crippen molar-refractivity contribution in [3.63, 3.8) is 0 Å². The highest BCUT2D eigenvalue weighted by molar-refractivity contribution is 9.10. The third-order valence-corrected chi connectivity index (χ3v) is 7.33. The van der Waals surface area contributed by atoms with Crippen LogP contribution in [-0.2, 0) is 19.6 Å². The van der Waals surface area contributed by atoms with Crippen molar-refractivity contribution in [1.82, 2.24) is 0 Å². The van der Waals surface area contributed by atoms with E-state index in [1.807, 2.05) is 0 Å². The molecule has 0 saturated carbocycles. The lowest BCUT2D eigenvalue weighted by atomic mass is 10.1. The molecular formula is C24H23BrN2O6S. The van der Waals surface area contributed by atoms with Crippen LogP contribution in [0.3, 0.4) is 0 Å². The molecule has 0 spiro atoms. The Morgan fingerprint density at radius 3 is 2.35 bits per heavy atom. The number of ether oxygens (including phenoxy) is 2. The highest BCUT2D eigenvalue weighted by atomic mass is 79.9. The summed E-state index contributed by atoms with van der Waals surface area (Å²) in [4.78, 5) is 24.9. The van der Waals surface area contributed by atoms with E-state index in [0.29, 0.717) is 27.0 Å². The van der Waals surface area contributed by atoms with Gasteiger partial charge in [-0.1, -0.05) is 40.2 Å². The van der Waals surface area contributed by atoms with Crippen LogP contribution in [0.1, 0.15) is 15.9 Å². The number of methoxy groups -OCH3 is 2. The molecule has 0 aliphatic heterocycles. The zero-order valence-corrected chi connectivity index (χ0v) is 21.1. The van der Waals surface area contributed by atoms with Crippen LogP contribution in [0, 0.1) is 6.92 Å². The van der Waals surface area contributed by atoms with Gasteiger partial charge in [-0.05, 0) is 55.0 Å². The van der Waals surface area contributed by atoms with Gasteiger partial charge in [0.15, 0.2) is 0 Å². The van der Waals surface area contributed by atoms with E-state index in [-0.39, 0.29) is 10.6 Å². The Labute approximate surface area is 206 Å². The number of halogens is 1. The summed E-state index contributed by atoms with van der Waals surface area (Å²) in [5.41, 5.74) is 1.48.